The fourth-order valence-corrected chi connectivity index (χ4v) is 3.39. The summed E-state index contributed by atoms with van der Waals surface area (Å²) in [6.07, 6.45) is 5.14. The van der Waals surface area contributed by atoms with Gasteiger partial charge in [-0.25, -0.2) is 0 Å². The third-order valence-electron chi connectivity index (χ3n) is 3.64. The average molecular weight is 317 g/mol. The standard InChI is InChI=1S/C17H17ClN2S/c1-2-17(13-19,14-4-3-10-20-12-14)9-11-21-16-7-5-15(18)6-8-16/h3-8,10,12H,2,9,11H2,1H3. The van der Waals surface area contributed by atoms with Crippen molar-refractivity contribution in [2.24, 2.45) is 0 Å². The van der Waals surface area contributed by atoms with E-state index in [9.17, 15) is 5.26 Å². The van der Waals surface area contributed by atoms with Crippen LogP contribution in [0.1, 0.15) is 25.3 Å². The fourth-order valence-electron chi connectivity index (χ4n) is 2.24. The Labute approximate surface area is 135 Å². The van der Waals surface area contributed by atoms with Crippen LogP contribution in [-0.4, -0.2) is 10.7 Å². The Morgan fingerprint density at radius 3 is 2.62 bits per heavy atom. The SMILES string of the molecule is CCC(C#N)(CCSc1ccc(Cl)cc1)c1cccnc1. The van der Waals surface area contributed by atoms with Gasteiger partial charge in [-0.1, -0.05) is 24.6 Å². The first-order valence-corrected chi connectivity index (χ1v) is 8.26. The van der Waals surface area contributed by atoms with Crippen molar-refractivity contribution in [1.29, 1.82) is 5.26 Å². The Kier molecular flexibility index (Phi) is 5.67. The molecule has 0 aliphatic heterocycles. The quantitative estimate of drug-likeness (QED) is 0.696. The molecule has 1 aromatic heterocycles. The lowest BCUT2D eigenvalue weighted by Crippen LogP contribution is -2.24. The molecule has 2 nitrogen and oxygen atoms in total. The predicted octanol–water partition coefficient (Wildman–Crippen LogP) is 5.09. The van der Waals surface area contributed by atoms with Gasteiger partial charge in [0.1, 0.15) is 0 Å². The largest absolute Gasteiger partial charge is 0.264 e. The molecule has 0 spiro atoms. The number of aromatic nitrogens is 1. The lowest BCUT2D eigenvalue weighted by atomic mass is 9.78. The number of nitrogens with zero attached hydrogens (tertiary/aromatic N) is 2. The second-order valence-electron chi connectivity index (χ2n) is 4.84. The maximum atomic E-state index is 9.66. The van der Waals surface area contributed by atoms with Crippen LogP contribution in [0.15, 0.2) is 53.7 Å². The van der Waals surface area contributed by atoms with Crippen LogP contribution in [-0.2, 0) is 5.41 Å². The van der Waals surface area contributed by atoms with Crippen LogP contribution in [0.25, 0.3) is 0 Å². The number of benzene rings is 1. The van der Waals surface area contributed by atoms with E-state index >= 15 is 0 Å². The third kappa shape index (κ3) is 4.00. The molecule has 0 radical (unpaired) electrons. The number of nitriles is 1. The minimum absolute atomic E-state index is 0.451. The van der Waals surface area contributed by atoms with E-state index in [1.807, 2.05) is 36.4 Å². The summed E-state index contributed by atoms with van der Waals surface area (Å²) in [6.45, 7) is 2.06. The summed E-state index contributed by atoms with van der Waals surface area (Å²) in [4.78, 5) is 5.32. The Balaban J connectivity index is 2.04. The minimum Gasteiger partial charge on any atom is -0.264 e. The van der Waals surface area contributed by atoms with Crippen LogP contribution in [0.5, 0.6) is 0 Å². The average Bonchev–Trinajstić information content (AvgIpc) is 2.55. The van der Waals surface area contributed by atoms with Crippen molar-refractivity contribution in [1.82, 2.24) is 4.98 Å². The normalized spacial score (nSPS) is 13.4. The van der Waals surface area contributed by atoms with E-state index < -0.39 is 5.41 Å². The summed E-state index contributed by atoms with van der Waals surface area (Å²) >= 11 is 7.64. The van der Waals surface area contributed by atoms with Gasteiger partial charge in [-0.3, -0.25) is 4.98 Å². The highest BCUT2D eigenvalue weighted by Crippen LogP contribution is 2.33. The topological polar surface area (TPSA) is 36.7 Å². The Morgan fingerprint density at radius 2 is 2.05 bits per heavy atom. The molecule has 2 rings (SSSR count). The lowest BCUT2D eigenvalue weighted by molar-refractivity contribution is 0.513. The van der Waals surface area contributed by atoms with Gasteiger partial charge in [0, 0.05) is 22.3 Å². The van der Waals surface area contributed by atoms with Gasteiger partial charge in [0.2, 0.25) is 0 Å². The van der Waals surface area contributed by atoms with Gasteiger partial charge < -0.3 is 0 Å². The molecule has 0 fully saturated rings. The van der Waals surface area contributed by atoms with Crippen molar-refractivity contribution in [2.45, 2.75) is 30.1 Å². The molecule has 4 heteroatoms. The summed E-state index contributed by atoms with van der Waals surface area (Å²) in [6, 6.07) is 14.2. The van der Waals surface area contributed by atoms with Crippen LogP contribution in [0.3, 0.4) is 0 Å². The molecule has 0 saturated heterocycles. The van der Waals surface area contributed by atoms with Crippen molar-refractivity contribution < 1.29 is 0 Å². The molecule has 0 saturated carbocycles. The van der Waals surface area contributed by atoms with E-state index in [1.165, 1.54) is 4.90 Å². The van der Waals surface area contributed by atoms with Gasteiger partial charge in [-0.15, -0.1) is 11.8 Å². The second kappa shape index (κ2) is 7.49. The van der Waals surface area contributed by atoms with Crippen LogP contribution in [0, 0.1) is 11.3 Å². The van der Waals surface area contributed by atoms with Crippen LogP contribution >= 0.6 is 23.4 Å². The monoisotopic (exact) mass is 316 g/mol. The molecule has 1 unspecified atom stereocenters. The fraction of sp³-hybridized carbons (Fsp3) is 0.294. The van der Waals surface area contributed by atoms with Crippen molar-refractivity contribution in [3.8, 4) is 6.07 Å². The van der Waals surface area contributed by atoms with Gasteiger partial charge in [-0.2, -0.15) is 5.26 Å². The molecule has 21 heavy (non-hydrogen) atoms. The van der Waals surface area contributed by atoms with Crippen molar-refractivity contribution in [3.05, 3.63) is 59.4 Å². The predicted molar refractivity (Wildman–Crippen MR) is 88.6 cm³/mol. The number of thioether (sulfide) groups is 1. The molecule has 0 bridgehead atoms. The molecule has 0 aliphatic carbocycles. The first kappa shape index (κ1) is 15.9. The van der Waals surface area contributed by atoms with Crippen LogP contribution in [0.4, 0.5) is 0 Å². The van der Waals surface area contributed by atoms with Gasteiger partial charge >= 0.3 is 0 Å². The Bertz CT molecular complexity index is 607. The molecule has 0 aliphatic rings. The summed E-state index contributed by atoms with van der Waals surface area (Å²) < 4.78 is 0. The highest BCUT2D eigenvalue weighted by atomic mass is 35.5. The highest BCUT2D eigenvalue weighted by molar-refractivity contribution is 7.99. The van der Waals surface area contributed by atoms with Gasteiger partial charge in [-0.05, 0) is 54.5 Å². The molecule has 0 N–H and O–H groups in total. The number of pyridine rings is 1. The molecular formula is C17H17ClN2S. The van der Waals surface area contributed by atoms with Gasteiger partial charge in [0.15, 0.2) is 0 Å². The number of hydrogen-bond acceptors (Lipinski definition) is 3. The second-order valence-corrected chi connectivity index (χ2v) is 6.45. The van der Waals surface area contributed by atoms with Crippen molar-refractivity contribution in [2.75, 3.05) is 5.75 Å². The maximum Gasteiger partial charge on any atom is 0.0842 e. The highest BCUT2D eigenvalue weighted by Gasteiger charge is 2.30. The Morgan fingerprint density at radius 1 is 1.29 bits per heavy atom. The van der Waals surface area contributed by atoms with Gasteiger partial charge in [0.25, 0.3) is 0 Å². The first-order valence-electron chi connectivity index (χ1n) is 6.90. The van der Waals surface area contributed by atoms with Gasteiger partial charge in [0.05, 0.1) is 11.5 Å². The first-order chi connectivity index (χ1) is 10.2. The van der Waals surface area contributed by atoms with Crippen LogP contribution < -0.4 is 0 Å². The summed E-state index contributed by atoms with van der Waals surface area (Å²) in [7, 11) is 0. The lowest BCUT2D eigenvalue weighted by Gasteiger charge is -2.25. The molecule has 108 valence electrons. The Hall–Kier alpha value is -1.50. The van der Waals surface area contributed by atoms with Crippen LogP contribution in [0.2, 0.25) is 5.02 Å². The molecule has 1 atom stereocenters. The summed E-state index contributed by atoms with van der Waals surface area (Å²) in [5.74, 6) is 0.887. The molecule has 2 aromatic rings. The zero-order valence-electron chi connectivity index (χ0n) is 11.9. The maximum absolute atomic E-state index is 9.66. The zero-order valence-corrected chi connectivity index (χ0v) is 13.5. The van der Waals surface area contributed by atoms with E-state index in [4.69, 9.17) is 11.6 Å². The summed E-state index contributed by atoms with van der Waals surface area (Å²) in [5, 5.41) is 10.4. The zero-order chi connectivity index (χ0) is 15.1. The number of hydrogen-bond donors (Lipinski definition) is 0. The number of rotatable bonds is 6. The minimum atomic E-state index is -0.451. The molecule has 0 amide bonds. The van der Waals surface area contributed by atoms with E-state index in [2.05, 4.69) is 18.0 Å². The summed E-state index contributed by atoms with van der Waals surface area (Å²) in [5.41, 5.74) is 0.556. The van der Waals surface area contributed by atoms with E-state index in [0.717, 1.165) is 29.2 Å². The van der Waals surface area contributed by atoms with E-state index in [0.29, 0.717) is 0 Å². The smallest absolute Gasteiger partial charge is 0.0842 e. The van der Waals surface area contributed by atoms with Crippen molar-refractivity contribution >= 4 is 23.4 Å². The van der Waals surface area contributed by atoms with E-state index in [-0.39, 0.29) is 0 Å². The molecular weight excluding hydrogens is 300 g/mol. The molecule has 1 aromatic carbocycles. The number of halogens is 1. The van der Waals surface area contributed by atoms with Crippen molar-refractivity contribution in [3.63, 3.8) is 0 Å². The molecule has 1 heterocycles. The third-order valence-corrected chi connectivity index (χ3v) is 4.91. The van der Waals surface area contributed by atoms with E-state index in [1.54, 1.807) is 24.2 Å².